The Bertz CT molecular complexity index is 985. The van der Waals surface area contributed by atoms with E-state index in [1.807, 2.05) is 39.8 Å². The number of hydrogen-bond donors (Lipinski definition) is 4. The molecule has 3 aliphatic rings. The second-order valence-corrected chi connectivity index (χ2v) is 13.2. The number of esters is 1. The number of fused-ring (bicyclic) bond motifs is 1. The Morgan fingerprint density at radius 3 is 2.42 bits per heavy atom. The number of rotatable bonds is 6. The summed E-state index contributed by atoms with van der Waals surface area (Å²) in [5.41, 5.74) is 3.80. The number of nitrogens with two attached hydrogens (primary N) is 1. The normalized spacial score (nSPS) is 43.7. The molecule has 12 atom stereocenters. The second-order valence-electron chi connectivity index (χ2n) is 13.2. The monoisotopic (exact) mass is 614 g/mol. The van der Waals surface area contributed by atoms with Crippen LogP contribution in [0.15, 0.2) is 0 Å². The van der Waals surface area contributed by atoms with Gasteiger partial charge in [0.2, 0.25) is 0 Å². The molecule has 1 amide bonds. The number of nitrogens with one attached hydrogen (secondary N) is 2. The molecule has 0 spiro atoms. The Morgan fingerprint density at radius 2 is 1.84 bits per heavy atom. The van der Waals surface area contributed by atoms with Gasteiger partial charge in [0.1, 0.15) is 24.4 Å². The Labute approximate surface area is 255 Å². The fourth-order valence-electron chi connectivity index (χ4n) is 6.94. The number of hydrogen-bond acceptors (Lipinski definition) is 12. The number of aliphatic hydroxyl groups is 1. The van der Waals surface area contributed by atoms with Gasteiger partial charge in [-0.05, 0) is 66.6 Å². The number of ether oxygens (including phenoxy) is 5. The molecule has 0 radical (unpaired) electrons. The zero-order valence-corrected chi connectivity index (χ0v) is 27.3. The van der Waals surface area contributed by atoms with Crippen LogP contribution in [-0.4, -0.2) is 122 Å². The number of aliphatic hydroxyl groups excluding tert-OH is 1. The largest absolute Gasteiger partial charge is 0.458 e. The fraction of sp³-hybridized carbons (Fsp3) is 0.900. The molecule has 3 aliphatic heterocycles. The molecule has 0 bridgehead atoms. The van der Waals surface area contributed by atoms with Crippen LogP contribution in [0.4, 0.5) is 4.79 Å². The number of carbonyl (C=O) groups excluding carboxylic acids is 3. The van der Waals surface area contributed by atoms with Gasteiger partial charge in [-0.1, -0.05) is 20.8 Å². The van der Waals surface area contributed by atoms with E-state index in [0.717, 1.165) is 0 Å². The van der Waals surface area contributed by atoms with Gasteiger partial charge in [0.05, 0.1) is 23.9 Å². The minimum absolute atomic E-state index is 0.0265. The minimum atomic E-state index is -1.14. The number of nitrogens with zero attached hydrogens (tertiary/aromatic N) is 1. The van der Waals surface area contributed by atoms with Gasteiger partial charge in [-0.15, -0.1) is 0 Å². The average Bonchev–Trinajstić information content (AvgIpc) is 3.27. The molecule has 1 unspecified atom stereocenters. The number of carbonyl (C=O) groups is 3. The highest BCUT2D eigenvalue weighted by Gasteiger charge is 2.55. The predicted molar refractivity (Wildman–Crippen MR) is 158 cm³/mol. The molecule has 0 saturated carbocycles. The van der Waals surface area contributed by atoms with Crippen molar-refractivity contribution in [2.45, 2.75) is 127 Å². The van der Waals surface area contributed by atoms with E-state index in [0.29, 0.717) is 25.8 Å². The molecule has 0 aliphatic carbocycles. The van der Waals surface area contributed by atoms with Crippen LogP contribution >= 0.6 is 0 Å². The Kier molecular flexibility index (Phi) is 12.0. The highest BCUT2D eigenvalue weighted by molar-refractivity contribution is 5.97. The number of ketones is 1. The lowest BCUT2D eigenvalue weighted by Crippen LogP contribution is -2.60. The molecule has 0 aromatic heterocycles. The third-order valence-corrected chi connectivity index (χ3v) is 9.59. The van der Waals surface area contributed by atoms with Gasteiger partial charge in [-0.25, -0.2) is 4.79 Å². The van der Waals surface area contributed by atoms with Gasteiger partial charge in [-0.2, -0.15) is 0 Å². The molecular weight excluding hydrogens is 560 g/mol. The molecule has 13 heteroatoms. The number of methoxy groups -OCH3 is 1. The minimum Gasteiger partial charge on any atom is -0.458 e. The lowest BCUT2D eigenvalue weighted by molar-refractivity contribution is -0.296. The standard InChI is InChI=1S/C30H54N4O9/c1-10-22-30(6)25(33-28(38)43-30)18(4)32-15-16(2)13-29(5,39-9)26(17(3)21(35)12-23(36)41-22)42-27-24(37)20(34(7)8)11-19(14-31)40-27/h16-20,22,24-27,32,37H,10-15,31H2,1-9H3,(H,33,38)/t16-,17+,18-,19+,20?,22-,24-,25-,26-,27+,29-,30-/m1/s1. The van der Waals surface area contributed by atoms with Gasteiger partial charge in [0, 0.05) is 31.7 Å². The lowest BCUT2D eigenvalue weighted by Gasteiger charge is -2.47. The van der Waals surface area contributed by atoms with Gasteiger partial charge < -0.3 is 50.1 Å². The molecule has 248 valence electrons. The molecule has 43 heavy (non-hydrogen) atoms. The third-order valence-electron chi connectivity index (χ3n) is 9.59. The van der Waals surface area contributed by atoms with Crippen molar-refractivity contribution in [2.24, 2.45) is 17.6 Å². The average molecular weight is 615 g/mol. The molecule has 0 aromatic rings. The second kappa shape index (κ2) is 14.5. The van der Waals surface area contributed by atoms with Crippen LogP contribution in [0.2, 0.25) is 0 Å². The first-order valence-corrected chi connectivity index (χ1v) is 15.5. The highest BCUT2D eigenvalue weighted by atomic mass is 16.7. The lowest BCUT2D eigenvalue weighted by atomic mass is 9.80. The van der Waals surface area contributed by atoms with Gasteiger partial charge >= 0.3 is 12.1 Å². The quantitative estimate of drug-likeness (QED) is 0.247. The maximum absolute atomic E-state index is 13.7. The molecule has 3 rings (SSSR count). The summed E-state index contributed by atoms with van der Waals surface area (Å²) in [6, 6.07) is -0.997. The van der Waals surface area contributed by atoms with E-state index in [1.165, 1.54) is 0 Å². The number of alkyl carbamates (subject to hydrolysis) is 1. The zero-order valence-electron chi connectivity index (χ0n) is 27.3. The van der Waals surface area contributed by atoms with Crippen LogP contribution in [0.25, 0.3) is 0 Å². The third kappa shape index (κ3) is 7.86. The summed E-state index contributed by atoms with van der Waals surface area (Å²) in [5.74, 6) is -1.94. The van der Waals surface area contributed by atoms with E-state index in [4.69, 9.17) is 29.4 Å². The summed E-state index contributed by atoms with van der Waals surface area (Å²) in [5, 5.41) is 17.6. The topological polar surface area (TPSA) is 171 Å². The van der Waals surface area contributed by atoms with E-state index < -0.39 is 72.0 Å². The molecule has 3 heterocycles. The van der Waals surface area contributed by atoms with Gasteiger partial charge in [-0.3, -0.25) is 9.59 Å². The first-order valence-electron chi connectivity index (χ1n) is 15.5. The number of Topliss-reactive ketones (excluding diaryl/α,β-unsaturated/α-hetero) is 1. The molecule has 3 saturated heterocycles. The Balaban J connectivity index is 1.98. The van der Waals surface area contributed by atoms with Crippen LogP contribution in [0, 0.1) is 11.8 Å². The zero-order chi connectivity index (χ0) is 32.3. The molecule has 5 N–H and O–H groups in total. The fourth-order valence-corrected chi connectivity index (χ4v) is 6.94. The summed E-state index contributed by atoms with van der Waals surface area (Å²) in [7, 11) is 5.30. The van der Waals surface area contributed by atoms with Crippen molar-refractivity contribution in [1.82, 2.24) is 15.5 Å². The van der Waals surface area contributed by atoms with E-state index >= 15 is 0 Å². The van der Waals surface area contributed by atoms with Crippen molar-refractivity contribution in [3.8, 4) is 0 Å². The highest BCUT2D eigenvalue weighted by Crippen LogP contribution is 2.37. The summed E-state index contributed by atoms with van der Waals surface area (Å²) < 4.78 is 30.2. The number of likely N-dealkylation sites (N-methyl/N-ethyl adjacent to an activating group) is 1. The van der Waals surface area contributed by atoms with Crippen LogP contribution < -0.4 is 16.4 Å². The predicted octanol–water partition coefficient (Wildman–Crippen LogP) is 0.944. The summed E-state index contributed by atoms with van der Waals surface area (Å²) >= 11 is 0. The van der Waals surface area contributed by atoms with Crippen molar-refractivity contribution < 1.29 is 43.2 Å². The first kappa shape index (κ1) is 35.6. The maximum atomic E-state index is 13.7. The van der Waals surface area contributed by atoms with Crippen molar-refractivity contribution in [2.75, 3.05) is 34.3 Å². The maximum Gasteiger partial charge on any atom is 0.408 e. The number of amides is 1. The van der Waals surface area contributed by atoms with Crippen LogP contribution in [0.3, 0.4) is 0 Å². The van der Waals surface area contributed by atoms with E-state index in [9.17, 15) is 19.5 Å². The summed E-state index contributed by atoms with van der Waals surface area (Å²) in [6.07, 6.45) is -3.82. The van der Waals surface area contributed by atoms with E-state index in [1.54, 1.807) is 21.0 Å². The van der Waals surface area contributed by atoms with Crippen molar-refractivity contribution >= 4 is 17.8 Å². The van der Waals surface area contributed by atoms with Crippen LogP contribution in [-0.2, 0) is 33.3 Å². The Hall–Kier alpha value is -1.87. The smallest absolute Gasteiger partial charge is 0.408 e. The molecule has 0 aromatic carbocycles. The van der Waals surface area contributed by atoms with Gasteiger partial charge in [0.15, 0.2) is 11.9 Å². The van der Waals surface area contributed by atoms with Gasteiger partial charge in [0.25, 0.3) is 0 Å². The van der Waals surface area contributed by atoms with Crippen LogP contribution in [0.1, 0.15) is 67.2 Å². The molecule has 13 nitrogen and oxygen atoms in total. The van der Waals surface area contributed by atoms with E-state index in [-0.39, 0.29) is 30.7 Å². The van der Waals surface area contributed by atoms with Crippen molar-refractivity contribution in [1.29, 1.82) is 0 Å². The van der Waals surface area contributed by atoms with Crippen molar-refractivity contribution in [3.05, 3.63) is 0 Å². The Morgan fingerprint density at radius 1 is 1.16 bits per heavy atom. The SMILES string of the molecule is CC[C@H]1OC(=O)CC(=O)[C@H](C)[C@@H](O[C@@H]2O[C@H](CN)CC(N(C)C)[C@H]2O)[C@](C)(OC)C[C@@H](C)CN[C@H](C)[C@H]2NC(=O)O[C@@]21C. The first-order chi connectivity index (χ1) is 20.1. The molecular formula is C30H54N4O9. The van der Waals surface area contributed by atoms with Crippen molar-refractivity contribution in [3.63, 3.8) is 0 Å². The van der Waals surface area contributed by atoms with E-state index in [2.05, 4.69) is 17.6 Å². The number of cyclic esters (lactones) is 1. The summed E-state index contributed by atoms with van der Waals surface area (Å²) in [4.78, 5) is 41.2. The summed E-state index contributed by atoms with van der Waals surface area (Å²) in [6.45, 7) is 11.9. The van der Waals surface area contributed by atoms with Crippen LogP contribution in [0.5, 0.6) is 0 Å². The molecule has 3 fully saturated rings.